The summed E-state index contributed by atoms with van der Waals surface area (Å²) in [7, 11) is 0. The molecule has 1 aromatic carbocycles. The van der Waals surface area contributed by atoms with Crippen LogP contribution in [-0.2, 0) is 4.74 Å². The van der Waals surface area contributed by atoms with Crippen molar-refractivity contribution >= 4 is 17.7 Å². The highest BCUT2D eigenvalue weighted by Gasteiger charge is 2.36. The summed E-state index contributed by atoms with van der Waals surface area (Å²) in [6, 6.07) is 7.84. The van der Waals surface area contributed by atoms with Crippen LogP contribution in [0.1, 0.15) is 26.8 Å². The zero-order valence-electron chi connectivity index (χ0n) is 17.1. The van der Waals surface area contributed by atoms with Gasteiger partial charge in [-0.3, -0.25) is 0 Å². The van der Waals surface area contributed by atoms with Crippen LogP contribution in [0.25, 0.3) is 11.4 Å². The number of carbonyl (C=O) groups excluding carboxylic acids is 1. The lowest BCUT2D eigenvalue weighted by molar-refractivity contribution is -0.00244. The second kappa shape index (κ2) is 8.10. The van der Waals surface area contributed by atoms with Crippen LogP contribution in [0, 0.1) is 5.82 Å². The van der Waals surface area contributed by atoms with Crippen LogP contribution in [0.3, 0.4) is 0 Å². The predicted octanol–water partition coefficient (Wildman–Crippen LogP) is 4.11. The first-order chi connectivity index (χ1) is 14.7. The molecule has 1 aliphatic rings. The molecule has 0 unspecified atom stereocenters. The maximum Gasteiger partial charge on any atom is 0.410 e. The van der Waals surface area contributed by atoms with E-state index in [1.165, 1.54) is 11.0 Å². The molecule has 0 N–H and O–H groups in total. The standard InChI is InChI=1S/C20H20ClFN6O3/c1-20(2,3)31-19(29)27-10-14(11-27)28-25-17(24-26-28)12-4-6-15(7-5-12)30-18-16(22)8-13(21)9-23-18/h4-9,14H,10-11H2,1-3H3. The number of halogens is 2. The van der Waals surface area contributed by atoms with Crippen molar-refractivity contribution in [3.05, 3.63) is 47.4 Å². The van der Waals surface area contributed by atoms with Gasteiger partial charge in [-0.1, -0.05) is 11.6 Å². The molecule has 2 aromatic heterocycles. The monoisotopic (exact) mass is 446 g/mol. The third kappa shape index (κ3) is 4.91. The van der Waals surface area contributed by atoms with Gasteiger partial charge in [-0.05, 0) is 56.3 Å². The molecule has 1 aliphatic heterocycles. The van der Waals surface area contributed by atoms with Crippen molar-refractivity contribution in [2.45, 2.75) is 32.4 Å². The Kier molecular flexibility index (Phi) is 5.48. The van der Waals surface area contributed by atoms with Crippen LogP contribution in [0.15, 0.2) is 36.5 Å². The first kappa shape index (κ1) is 21.0. The van der Waals surface area contributed by atoms with E-state index >= 15 is 0 Å². The molecule has 0 atom stereocenters. The lowest BCUT2D eigenvalue weighted by atomic mass is 10.1. The average Bonchev–Trinajstić information content (AvgIpc) is 3.11. The predicted molar refractivity (Wildman–Crippen MR) is 109 cm³/mol. The van der Waals surface area contributed by atoms with E-state index in [0.717, 1.165) is 6.07 Å². The Bertz CT molecular complexity index is 1090. The SMILES string of the molecule is CC(C)(C)OC(=O)N1CC(n2nnc(-c3ccc(Oc4ncc(Cl)cc4F)cc3)n2)C1. The van der Waals surface area contributed by atoms with Gasteiger partial charge < -0.3 is 14.4 Å². The Hall–Kier alpha value is -3.27. The van der Waals surface area contributed by atoms with Gasteiger partial charge in [0.05, 0.1) is 18.1 Å². The Balaban J connectivity index is 1.37. The minimum Gasteiger partial charge on any atom is -0.444 e. The molecule has 3 heterocycles. The lowest BCUT2D eigenvalue weighted by Gasteiger charge is -2.38. The van der Waals surface area contributed by atoms with Crippen molar-refractivity contribution in [2.75, 3.05) is 13.1 Å². The van der Waals surface area contributed by atoms with E-state index < -0.39 is 11.4 Å². The van der Waals surface area contributed by atoms with Crippen molar-refractivity contribution in [3.8, 4) is 23.0 Å². The normalized spacial score (nSPS) is 14.3. The smallest absolute Gasteiger partial charge is 0.410 e. The molecule has 9 nitrogen and oxygen atoms in total. The van der Waals surface area contributed by atoms with E-state index in [2.05, 4.69) is 20.4 Å². The molecule has 4 rings (SSSR count). The fraction of sp³-hybridized carbons (Fsp3) is 0.350. The third-order valence-corrected chi connectivity index (χ3v) is 4.58. The zero-order chi connectivity index (χ0) is 22.2. The summed E-state index contributed by atoms with van der Waals surface area (Å²) in [6.45, 7) is 6.39. The fourth-order valence-electron chi connectivity index (χ4n) is 2.83. The van der Waals surface area contributed by atoms with Gasteiger partial charge in [0.25, 0.3) is 5.88 Å². The highest BCUT2D eigenvalue weighted by molar-refractivity contribution is 6.30. The van der Waals surface area contributed by atoms with E-state index in [9.17, 15) is 9.18 Å². The Morgan fingerprint density at radius 2 is 1.94 bits per heavy atom. The number of carbonyl (C=O) groups is 1. The minimum absolute atomic E-state index is 0.0599. The molecule has 31 heavy (non-hydrogen) atoms. The van der Waals surface area contributed by atoms with Gasteiger partial charge in [-0.2, -0.15) is 4.80 Å². The maximum absolute atomic E-state index is 13.8. The molecule has 0 saturated carbocycles. The van der Waals surface area contributed by atoms with Crippen molar-refractivity contribution in [1.82, 2.24) is 30.1 Å². The highest BCUT2D eigenvalue weighted by atomic mass is 35.5. The van der Waals surface area contributed by atoms with Crippen molar-refractivity contribution in [1.29, 1.82) is 0 Å². The lowest BCUT2D eigenvalue weighted by Crippen LogP contribution is -2.52. The molecule has 11 heteroatoms. The van der Waals surface area contributed by atoms with Crippen LogP contribution < -0.4 is 4.74 Å². The van der Waals surface area contributed by atoms with Gasteiger partial charge >= 0.3 is 6.09 Å². The van der Waals surface area contributed by atoms with Crippen LogP contribution in [0.4, 0.5) is 9.18 Å². The van der Waals surface area contributed by atoms with Crippen molar-refractivity contribution in [2.24, 2.45) is 0 Å². The molecule has 3 aromatic rings. The van der Waals surface area contributed by atoms with Crippen LogP contribution >= 0.6 is 11.6 Å². The zero-order valence-corrected chi connectivity index (χ0v) is 17.9. The van der Waals surface area contributed by atoms with E-state index in [-0.39, 0.29) is 23.0 Å². The second-order valence-corrected chi connectivity index (χ2v) is 8.48. The summed E-state index contributed by atoms with van der Waals surface area (Å²) >= 11 is 5.69. The summed E-state index contributed by atoms with van der Waals surface area (Å²) in [5.74, 6) is 0.0118. The molecule has 0 spiro atoms. The molecular weight excluding hydrogens is 427 g/mol. The number of likely N-dealkylation sites (tertiary alicyclic amines) is 1. The van der Waals surface area contributed by atoms with E-state index in [1.807, 2.05) is 20.8 Å². The summed E-state index contributed by atoms with van der Waals surface area (Å²) in [5, 5.41) is 12.7. The van der Waals surface area contributed by atoms with Crippen LogP contribution in [-0.4, -0.2) is 54.9 Å². The molecule has 162 valence electrons. The van der Waals surface area contributed by atoms with Crippen LogP contribution in [0.2, 0.25) is 5.02 Å². The van der Waals surface area contributed by atoms with Gasteiger partial charge in [0.1, 0.15) is 17.4 Å². The fourth-order valence-corrected chi connectivity index (χ4v) is 2.98. The van der Waals surface area contributed by atoms with E-state index in [4.69, 9.17) is 21.1 Å². The molecule has 0 bridgehead atoms. The first-order valence-corrected chi connectivity index (χ1v) is 9.92. The van der Waals surface area contributed by atoms with Gasteiger partial charge in [-0.25, -0.2) is 14.2 Å². The highest BCUT2D eigenvalue weighted by Crippen LogP contribution is 2.27. The third-order valence-electron chi connectivity index (χ3n) is 4.37. The van der Waals surface area contributed by atoms with Gasteiger partial charge in [-0.15, -0.1) is 10.2 Å². The number of amides is 1. The van der Waals surface area contributed by atoms with Gasteiger partial charge in [0.2, 0.25) is 5.82 Å². The average molecular weight is 447 g/mol. The maximum atomic E-state index is 13.8. The number of nitrogens with zero attached hydrogens (tertiary/aromatic N) is 6. The number of aromatic nitrogens is 5. The summed E-state index contributed by atoms with van der Waals surface area (Å²) in [4.78, 5) is 18.9. The second-order valence-electron chi connectivity index (χ2n) is 8.04. The Morgan fingerprint density at radius 1 is 1.23 bits per heavy atom. The number of tetrazole rings is 1. The molecule has 1 saturated heterocycles. The molecule has 1 amide bonds. The van der Waals surface area contributed by atoms with E-state index in [0.29, 0.717) is 30.2 Å². The van der Waals surface area contributed by atoms with Crippen molar-refractivity contribution < 1.29 is 18.7 Å². The minimum atomic E-state index is -0.651. The number of ether oxygens (including phenoxy) is 2. The first-order valence-electron chi connectivity index (χ1n) is 9.55. The summed E-state index contributed by atoms with van der Waals surface area (Å²) in [5.41, 5.74) is 0.179. The van der Waals surface area contributed by atoms with E-state index in [1.54, 1.807) is 29.2 Å². The van der Waals surface area contributed by atoms with Gasteiger partial charge in [0.15, 0.2) is 5.82 Å². The Labute approximate surface area is 182 Å². The Morgan fingerprint density at radius 3 is 2.58 bits per heavy atom. The molecule has 0 radical (unpaired) electrons. The number of hydrogen-bond donors (Lipinski definition) is 0. The molecular formula is C20H20ClFN6O3. The van der Waals surface area contributed by atoms with Gasteiger partial charge in [0, 0.05) is 11.8 Å². The largest absolute Gasteiger partial charge is 0.444 e. The van der Waals surface area contributed by atoms with Crippen LogP contribution in [0.5, 0.6) is 11.6 Å². The molecule has 1 fully saturated rings. The summed E-state index contributed by atoms with van der Waals surface area (Å²) in [6.07, 6.45) is 0.951. The quantitative estimate of drug-likeness (QED) is 0.595. The number of hydrogen-bond acceptors (Lipinski definition) is 7. The number of pyridine rings is 1. The number of rotatable bonds is 4. The van der Waals surface area contributed by atoms with Crippen molar-refractivity contribution in [3.63, 3.8) is 0 Å². The topological polar surface area (TPSA) is 95.3 Å². The molecule has 0 aliphatic carbocycles. The summed E-state index contributed by atoms with van der Waals surface area (Å²) < 4.78 is 24.6. The number of benzene rings is 1.